The molecular weight excluding hydrogens is 366 g/mol. The second kappa shape index (κ2) is 6.95. The fraction of sp³-hybridized carbons (Fsp3) is 0.792. The van der Waals surface area contributed by atoms with Gasteiger partial charge < -0.3 is 10.5 Å². The van der Waals surface area contributed by atoms with Crippen LogP contribution in [0, 0.1) is 28.6 Å². The minimum absolute atomic E-state index is 0.0280. The standard InChI is InChI=1S/C24H35NO4/c1-4-8-23(3)19(6-10-24(23)11-7-20(27)29-24)18-14-22(2)9-5-16(26)12-15(22)13-17(18)21(25)28/h12,17-19H,4-11,13-14H2,1-3H3,(H2,25,28)/t17-,18?,19?,22-,23+,24-/m1/s1. The Morgan fingerprint density at radius 1 is 1.21 bits per heavy atom. The Kier molecular flexibility index (Phi) is 4.94. The molecule has 5 nitrogen and oxygen atoms in total. The maximum absolute atomic E-state index is 12.5. The summed E-state index contributed by atoms with van der Waals surface area (Å²) in [5, 5.41) is 0. The van der Waals surface area contributed by atoms with Gasteiger partial charge in [-0.2, -0.15) is 0 Å². The van der Waals surface area contributed by atoms with E-state index in [2.05, 4.69) is 20.8 Å². The minimum Gasteiger partial charge on any atom is -0.458 e. The van der Waals surface area contributed by atoms with Crippen molar-refractivity contribution in [2.75, 3.05) is 0 Å². The predicted molar refractivity (Wildman–Crippen MR) is 110 cm³/mol. The molecule has 0 aromatic carbocycles. The van der Waals surface area contributed by atoms with Crippen molar-refractivity contribution in [1.82, 2.24) is 0 Å². The number of esters is 1. The van der Waals surface area contributed by atoms with Crippen LogP contribution >= 0.6 is 0 Å². The van der Waals surface area contributed by atoms with Gasteiger partial charge in [-0.1, -0.05) is 32.8 Å². The molecule has 1 saturated heterocycles. The molecule has 0 aromatic heterocycles. The summed E-state index contributed by atoms with van der Waals surface area (Å²) in [4.78, 5) is 36.6. The van der Waals surface area contributed by atoms with Crippen LogP contribution in [0.2, 0.25) is 0 Å². The van der Waals surface area contributed by atoms with Crippen LogP contribution in [0.5, 0.6) is 0 Å². The number of amides is 1. The van der Waals surface area contributed by atoms with E-state index >= 15 is 0 Å². The average molecular weight is 402 g/mol. The van der Waals surface area contributed by atoms with Crippen molar-refractivity contribution >= 4 is 17.7 Å². The van der Waals surface area contributed by atoms with Gasteiger partial charge in [-0.05, 0) is 68.3 Å². The molecule has 3 aliphatic carbocycles. The third kappa shape index (κ3) is 3.07. The molecule has 6 atom stereocenters. The molecule has 4 rings (SSSR count). The molecule has 0 bridgehead atoms. The second-order valence-corrected chi connectivity index (χ2v) is 10.6. The number of allylic oxidation sites excluding steroid dienone is 2. The normalized spacial score (nSPS) is 44.5. The number of hydrogen-bond acceptors (Lipinski definition) is 4. The highest BCUT2D eigenvalue weighted by Crippen LogP contribution is 2.65. The van der Waals surface area contributed by atoms with Gasteiger partial charge >= 0.3 is 5.97 Å². The monoisotopic (exact) mass is 401 g/mol. The average Bonchev–Trinajstić information content (AvgIpc) is 3.16. The zero-order valence-electron chi connectivity index (χ0n) is 18.1. The Morgan fingerprint density at radius 2 is 1.97 bits per heavy atom. The number of nitrogens with two attached hydrogens (primary N) is 1. The molecular formula is C24H35NO4. The quantitative estimate of drug-likeness (QED) is 0.719. The van der Waals surface area contributed by atoms with E-state index in [4.69, 9.17) is 10.5 Å². The number of ether oxygens (including phenoxy) is 1. The first kappa shape index (κ1) is 20.6. The summed E-state index contributed by atoms with van der Waals surface area (Å²) >= 11 is 0. The molecule has 3 fully saturated rings. The molecule has 1 heterocycles. The van der Waals surface area contributed by atoms with E-state index in [9.17, 15) is 14.4 Å². The Labute approximate surface area is 173 Å². The van der Waals surface area contributed by atoms with Gasteiger partial charge in [0.05, 0.1) is 0 Å². The SMILES string of the molecule is CCC[C@@]1(C)C(C2C[C@@]3(C)CCC(=O)C=C3C[C@H]2C(N)=O)CC[C@@]12CCC(=O)O2. The summed E-state index contributed by atoms with van der Waals surface area (Å²) in [6, 6.07) is 0. The van der Waals surface area contributed by atoms with E-state index < -0.39 is 0 Å². The highest BCUT2D eigenvalue weighted by atomic mass is 16.6. The summed E-state index contributed by atoms with van der Waals surface area (Å²) in [5.41, 5.74) is 6.49. The number of ketones is 1. The molecule has 0 aromatic rings. The van der Waals surface area contributed by atoms with E-state index in [1.807, 2.05) is 0 Å². The van der Waals surface area contributed by atoms with Crippen molar-refractivity contribution < 1.29 is 19.1 Å². The van der Waals surface area contributed by atoms with Gasteiger partial charge in [-0.15, -0.1) is 0 Å². The maximum Gasteiger partial charge on any atom is 0.306 e. The van der Waals surface area contributed by atoms with Crippen LogP contribution in [0.15, 0.2) is 11.6 Å². The molecule has 5 heteroatoms. The van der Waals surface area contributed by atoms with Crippen molar-refractivity contribution in [3.8, 4) is 0 Å². The Morgan fingerprint density at radius 3 is 2.59 bits per heavy atom. The molecule has 2 saturated carbocycles. The first-order chi connectivity index (χ1) is 13.6. The third-order valence-electron chi connectivity index (χ3n) is 9.09. The van der Waals surface area contributed by atoms with E-state index in [-0.39, 0.29) is 45.9 Å². The largest absolute Gasteiger partial charge is 0.458 e. The molecule has 2 unspecified atom stereocenters. The highest BCUT2D eigenvalue weighted by Gasteiger charge is 2.64. The molecule has 2 N–H and O–H groups in total. The number of rotatable bonds is 4. The minimum atomic E-state index is -0.382. The van der Waals surface area contributed by atoms with Crippen molar-refractivity contribution in [3.05, 3.63) is 11.6 Å². The summed E-state index contributed by atoms with van der Waals surface area (Å²) in [6.07, 6.45) is 9.92. The van der Waals surface area contributed by atoms with Crippen molar-refractivity contribution in [2.45, 2.75) is 90.6 Å². The van der Waals surface area contributed by atoms with Gasteiger partial charge in [-0.3, -0.25) is 14.4 Å². The Bertz CT molecular complexity index is 773. The van der Waals surface area contributed by atoms with Crippen molar-refractivity contribution in [3.63, 3.8) is 0 Å². The number of carbonyl (C=O) groups is 3. The number of carbonyl (C=O) groups excluding carboxylic acids is 3. The van der Waals surface area contributed by atoms with E-state index in [1.165, 1.54) is 0 Å². The summed E-state index contributed by atoms with van der Waals surface area (Å²) in [5.74, 6) is 0.0893. The van der Waals surface area contributed by atoms with Crippen LogP contribution in [0.3, 0.4) is 0 Å². The van der Waals surface area contributed by atoms with Crippen molar-refractivity contribution in [2.24, 2.45) is 34.3 Å². The zero-order chi connectivity index (χ0) is 21.0. The van der Waals surface area contributed by atoms with Gasteiger partial charge in [0.15, 0.2) is 5.78 Å². The van der Waals surface area contributed by atoms with Gasteiger partial charge in [0.25, 0.3) is 0 Å². The maximum atomic E-state index is 12.5. The summed E-state index contributed by atoms with van der Waals surface area (Å²) < 4.78 is 6.03. The lowest BCUT2D eigenvalue weighted by Crippen LogP contribution is -2.51. The van der Waals surface area contributed by atoms with Gasteiger partial charge in [0.1, 0.15) is 5.60 Å². The Hall–Kier alpha value is -1.65. The van der Waals surface area contributed by atoms with Crippen LogP contribution in [0.1, 0.15) is 85.0 Å². The van der Waals surface area contributed by atoms with Crippen LogP contribution < -0.4 is 5.73 Å². The zero-order valence-corrected chi connectivity index (χ0v) is 18.1. The van der Waals surface area contributed by atoms with E-state index in [0.29, 0.717) is 25.2 Å². The van der Waals surface area contributed by atoms with Gasteiger partial charge in [-0.25, -0.2) is 0 Å². The smallest absolute Gasteiger partial charge is 0.306 e. The second-order valence-electron chi connectivity index (χ2n) is 10.6. The molecule has 0 radical (unpaired) electrons. The van der Waals surface area contributed by atoms with Gasteiger partial charge in [0.2, 0.25) is 5.91 Å². The first-order valence-electron chi connectivity index (χ1n) is 11.4. The lowest BCUT2D eigenvalue weighted by Gasteiger charge is -2.52. The fourth-order valence-electron chi connectivity index (χ4n) is 7.48. The topological polar surface area (TPSA) is 86.5 Å². The molecule has 160 valence electrons. The summed E-state index contributed by atoms with van der Waals surface area (Å²) in [6.45, 7) is 6.74. The summed E-state index contributed by atoms with van der Waals surface area (Å²) in [7, 11) is 0. The molecule has 1 spiro atoms. The molecule has 1 amide bonds. The Balaban J connectivity index is 1.71. The first-order valence-corrected chi connectivity index (χ1v) is 11.4. The number of fused-ring (bicyclic) bond motifs is 1. The van der Waals surface area contributed by atoms with Crippen molar-refractivity contribution in [1.29, 1.82) is 0 Å². The van der Waals surface area contributed by atoms with Crippen LogP contribution in [0.4, 0.5) is 0 Å². The number of hydrogen-bond donors (Lipinski definition) is 1. The molecule has 1 aliphatic heterocycles. The van der Waals surface area contributed by atoms with Crippen LogP contribution in [0.25, 0.3) is 0 Å². The third-order valence-corrected chi connectivity index (χ3v) is 9.09. The highest BCUT2D eigenvalue weighted by molar-refractivity contribution is 5.92. The van der Waals surface area contributed by atoms with Gasteiger partial charge in [0, 0.05) is 24.2 Å². The molecule has 29 heavy (non-hydrogen) atoms. The lowest BCUT2D eigenvalue weighted by atomic mass is 9.53. The van der Waals surface area contributed by atoms with Crippen LogP contribution in [-0.4, -0.2) is 23.3 Å². The predicted octanol–water partition coefficient (Wildman–Crippen LogP) is 4.09. The van der Waals surface area contributed by atoms with Crippen LogP contribution in [-0.2, 0) is 19.1 Å². The fourth-order valence-corrected chi connectivity index (χ4v) is 7.48. The van der Waals surface area contributed by atoms with E-state index in [0.717, 1.165) is 50.5 Å². The molecule has 4 aliphatic rings. The lowest BCUT2D eigenvalue weighted by molar-refractivity contribution is -0.162. The van der Waals surface area contributed by atoms with E-state index in [1.54, 1.807) is 6.08 Å². The number of primary amides is 1.